The standard InChI is InChI=1S/C22H33FN4O2/c1-16(2)26-11-13-27(14-12-26)21(28)17-7-9-19(10-8-17)24-22(29)25(3)20-6-4-5-18(23)15-20/h4-6,15-17,19H,7-14H2,1-3H3,(H,24,29)/t17-,19+. The Morgan fingerprint density at radius 1 is 1.10 bits per heavy atom. The zero-order valence-electron chi connectivity index (χ0n) is 17.7. The summed E-state index contributed by atoms with van der Waals surface area (Å²) in [5.74, 6) is -0.0276. The Kier molecular flexibility index (Phi) is 7.11. The minimum atomic E-state index is -0.365. The molecule has 0 unspecified atom stereocenters. The highest BCUT2D eigenvalue weighted by molar-refractivity contribution is 5.91. The van der Waals surface area contributed by atoms with Crippen LogP contribution < -0.4 is 10.2 Å². The summed E-state index contributed by atoms with van der Waals surface area (Å²) in [5.41, 5.74) is 0.520. The van der Waals surface area contributed by atoms with E-state index >= 15 is 0 Å². The molecular weight excluding hydrogens is 371 g/mol. The number of hydrogen-bond donors (Lipinski definition) is 1. The van der Waals surface area contributed by atoms with Crippen LogP contribution in [0.2, 0.25) is 0 Å². The fraction of sp³-hybridized carbons (Fsp3) is 0.636. The number of amides is 3. The molecule has 0 spiro atoms. The fourth-order valence-corrected chi connectivity index (χ4v) is 4.28. The predicted molar refractivity (Wildman–Crippen MR) is 112 cm³/mol. The van der Waals surface area contributed by atoms with Crippen molar-refractivity contribution < 1.29 is 14.0 Å². The van der Waals surface area contributed by atoms with Gasteiger partial charge in [0.2, 0.25) is 5.91 Å². The number of anilines is 1. The maximum absolute atomic E-state index is 13.4. The lowest BCUT2D eigenvalue weighted by atomic mass is 9.85. The van der Waals surface area contributed by atoms with E-state index in [-0.39, 0.29) is 29.7 Å². The smallest absolute Gasteiger partial charge is 0.321 e. The molecule has 1 saturated carbocycles. The topological polar surface area (TPSA) is 55.9 Å². The second kappa shape index (κ2) is 9.57. The van der Waals surface area contributed by atoms with E-state index < -0.39 is 0 Å². The minimum absolute atomic E-state index is 0.0559. The third-order valence-electron chi connectivity index (χ3n) is 6.26. The highest BCUT2D eigenvalue weighted by Crippen LogP contribution is 2.27. The fourth-order valence-electron chi connectivity index (χ4n) is 4.28. The molecule has 1 aromatic carbocycles. The zero-order valence-corrected chi connectivity index (χ0v) is 17.7. The van der Waals surface area contributed by atoms with Crippen molar-refractivity contribution >= 4 is 17.6 Å². The monoisotopic (exact) mass is 404 g/mol. The number of halogens is 1. The van der Waals surface area contributed by atoms with Crippen LogP contribution in [0.1, 0.15) is 39.5 Å². The molecule has 2 aliphatic rings. The van der Waals surface area contributed by atoms with E-state index in [1.165, 1.54) is 17.0 Å². The summed E-state index contributed by atoms with van der Waals surface area (Å²) in [7, 11) is 1.63. The summed E-state index contributed by atoms with van der Waals surface area (Å²) < 4.78 is 13.4. The lowest BCUT2D eigenvalue weighted by Gasteiger charge is -2.39. The van der Waals surface area contributed by atoms with Crippen LogP contribution in [0, 0.1) is 11.7 Å². The highest BCUT2D eigenvalue weighted by atomic mass is 19.1. The first kappa shape index (κ1) is 21.6. The summed E-state index contributed by atoms with van der Waals surface area (Å²) >= 11 is 0. The summed E-state index contributed by atoms with van der Waals surface area (Å²) in [4.78, 5) is 31.2. The molecule has 1 N–H and O–H groups in total. The van der Waals surface area contributed by atoms with Crippen molar-refractivity contribution in [2.45, 2.75) is 51.6 Å². The molecule has 1 aliphatic heterocycles. The Balaban J connectivity index is 1.44. The zero-order chi connectivity index (χ0) is 21.0. The summed E-state index contributed by atoms with van der Waals surface area (Å²) in [6, 6.07) is 6.33. The van der Waals surface area contributed by atoms with Crippen LogP contribution in [0.3, 0.4) is 0 Å². The second-order valence-electron chi connectivity index (χ2n) is 8.49. The first-order valence-electron chi connectivity index (χ1n) is 10.7. The number of piperazine rings is 1. The van der Waals surface area contributed by atoms with Gasteiger partial charge >= 0.3 is 6.03 Å². The van der Waals surface area contributed by atoms with Crippen LogP contribution in [0.5, 0.6) is 0 Å². The van der Waals surface area contributed by atoms with Gasteiger partial charge in [0.15, 0.2) is 0 Å². The molecule has 0 bridgehead atoms. The van der Waals surface area contributed by atoms with Gasteiger partial charge in [0, 0.05) is 56.9 Å². The van der Waals surface area contributed by atoms with Gasteiger partial charge in [-0.25, -0.2) is 9.18 Å². The molecule has 1 aliphatic carbocycles. The number of carbonyl (C=O) groups is 2. The van der Waals surface area contributed by atoms with Crippen LogP contribution in [0.4, 0.5) is 14.9 Å². The molecule has 6 nitrogen and oxygen atoms in total. The molecule has 2 fully saturated rings. The van der Waals surface area contributed by atoms with Gasteiger partial charge in [-0.1, -0.05) is 6.07 Å². The molecule has 3 rings (SSSR count). The minimum Gasteiger partial charge on any atom is -0.340 e. The van der Waals surface area contributed by atoms with E-state index in [1.807, 2.05) is 4.90 Å². The van der Waals surface area contributed by atoms with Crippen molar-refractivity contribution in [1.82, 2.24) is 15.1 Å². The van der Waals surface area contributed by atoms with Gasteiger partial charge in [-0.3, -0.25) is 14.6 Å². The maximum atomic E-state index is 13.4. The van der Waals surface area contributed by atoms with Crippen molar-refractivity contribution in [3.8, 4) is 0 Å². The summed E-state index contributed by atoms with van der Waals surface area (Å²) in [6.07, 6.45) is 3.20. The highest BCUT2D eigenvalue weighted by Gasteiger charge is 2.32. The molecule has 1 saturated heterocycles. The van der Waals surface area contributed by atoms with Gasteiger partial charge in [-0.15, -0.1) is 0 Å². The quantitative estimate of drug-likeness (QED) is 0.839. The van der Waals surface area contributed by atoms with Crippen molar-refractivity contribution in [2.24, 2.45) is 5.92 Å². The number of carbonyl (C=O) groups excluding carboxylic acids is 2. The van der Waals surface area contributed by atoms with E-state index in [1.54, 1.807) is 19.2 Å². The number of urea groups is 1. The molecule has 0 aromatic heterocycles. The summed E-state index contributed by atoms with van der Waals surface area (Å²) in [6.45, 7) is 7.90. The third-order valence-corrected chi connectivity index (χ3v) is 6.26. The Bertz CT molecular complexity index is 711. The molecule has 160 valence electrons. The average Bonchev–Trinajstić information content (AvgIpc) is 2.73. The molecule has 7 heteroatoms. The van der Waals surface area contributed by atoms with Crippen molar-refractivity contribution in [1.29, 1.82) is 0 Å². The van der Waals surface area contributed by atoms with Crippen LogP contribution in [-0.4, -0.2) is 67.0 Å². The van der Waals surface area contributed by atoms with Crippen molar-refractivity contribution in [3.05, 3.63) is 30.1 Å². The Morgan fingerprint density at radius 3 is 2.34 bits per heavy atom. The lowest BCUT2D eigenvalue weighted by Crippen LogP contribution is -2.52. The van der Waals surface area contributed by atoms with Gasteiger partial charge in [0.25, 0.3) is 0 Å². The van der Waals surface area contributed by atoms with Gasteiger partial charge in [-0.2, -0.15) is 0 Å². The average molecular weight is 405 g/mol. The third kappa shape index (κ3) is 5.47. The molecule has 0 radical (unpaired) electrons. The van der Waals surface area contributed by atoms with Crippen molar-refractivity contribution in [3.63, 3.8) is 0 Å². The second-order valence-corrected chi connectivity index (χ2v) is 8.49. The van der Waals surface area contributed by atoms with Gasteiger partial charge in [0.1, 0.15) is 5.82 Å². The lowest BCUT2D eigenvalue weighted by molar-refractivity contribution is -0.138. The first-order chi connectivity index (χ1) is 13.8. The van der Waals surface area contributed by atoms with E-state index in [0.29, 0.717) is 11.7 Å². The normalized spacial score (nSPS) is 23.1. The van der Waals surface area contributed by atoms with E-state index in [9.17, 15) is 14.0 Å². The van der Waals surface area contributed by atoms with E-state index in [2.05, 4.69) is 24.1 Å². The molecule has 29 heavy (non-hydrogen) atoms. The van der Waals surface area contributed by atoms with Crippen LogP contribution in [0.25, 0.3) is 0 Å². The van der Waals surface area contributed by atoms with Gasteiger partial charge < -0.3 is 10.2 Å². The molecule has 3 amide bonds. The van der Waals surface area contributed by atoms with Crippen molar-refractivity contribution in [2.75, 3.05) is 38.1 Å². The summed E-state index contributed by atoms with van der Waals surface area (Å²) in [5, 5.41) is 3.03. The van der Waals surface area contributed by atoms with Gasteiger partial charge in [0.05, 0.1) is 0 Å². The van der Waals surface area contributed by atoms with Crippen LogP contribution in [-0.2, 0) is 4.79 Å². The van der Waals surface area contributed by atoms with Crippen LogP contribution >= 0.6 is 0 Å². The Morgan fingerprint density at radius 2 is 1.76 bits per heavy atom. The van der Waals surface area contributed by atoms with Gasteiger partial charge in [-0.05, 0) is 57.7 Å². The van der Waals surface area contributed by atoms with E-state index in [4.69, 9.17) is 0 Å². The number of benzene rings is 1. The number of rotatable bonds is 4. The number of nitrogens with zero attached hydrogens (tertiary/aromatic N) is 3. The molecular formula is C22H33FN4O2. The largest absolute Gasteiger partial charge is 0.340 e. The number of nitrogens with one attached hydrogen (secondary N) is 1. The molecule has 1 aromatic rings. The predicted octanol–water partition coefficient (Wildman–Crippen LogP) is 3.08. The molecule has 1 heterocycles. The maximum Gasteiger partial charge on any atom is 0.321 e. The SMILES string of the molecule is CC(C)N1CCN(C(=O)[C@H]2CC[C@@H](NC(=O)N(C)c3cccc(F)c3)CC2)CC1. The first-order valence-corrected chi connectivity index (χ1v) is 10.7. The Hall–Kier alpha value is -2.15. The van der Waals surface area contributed by atoms with Crippen LogP contribution in [0.15, 0.2) is 24.3 Å². The Labute approximate surface area is 173 Å². The molecule has 0 atom stereocenters. The number of hydrogen-bond acceptors (Lipinski definition) is 3. The van der Waals surface area contributed by atoms with E-state index in [0.717, 1.165) is 51.9 Å².